The summed E-state index contributed by atoms with van der Waals surface area (Å²) in [6.45, 7) is 0. The first-order valence-electron chi connectivity index (χ1n) is 4.79. The first-order valence-corrected chi connectivity index (χ1v) is 5.17. The smallest absolute Gasteiger partial charge is 0.273 e. The predicted octanol–water partition coefficient (Wildman–Crippen LogP) is 3.57. The Morgan fingerprint density at radius 2 is 2.17 bits per heavy atom. The van der Waals surface area contributed by atoms with Crippen LogP contribution >= 0.6 is 11.6 Å². The van der Waals surface area contributed by atoms with Crippen LogP contribution in [0.15, 0.2) is 36.5 Å². The molecular weight excluding hydrogens is 263 g/mol. The van der Waals surface area contributed by atoms with Crippen LogP contribution in [0.1, 0.15) is 0 Å². The lowest BCUT2D eigenvalue weighted by atomic mass is 10.3. The molecule has 0 fully saturated rings. The van der Waals surface area contributed by atoms with Gasteiger partial charge in [0.15, 0.2) is 5.82 Å². The lowest BCUT2D eigenvalue weighted by Crippen LogP contribution is -1.93. The van der Waals surface area contributed by atoms with Crippen LogP contribution in [0.5, 0.6) is 11.6 Å². The molecule has 7 heteroatoms. The Hall–Kier alpha value is -2.21. The molecule has 0 unspecified atom stereocenters. The molecule has 0 saturated carbocycles. The van der Waals surface area contributed by atoms with E-state index in [0.29, 0.717) is 0 Å². The second-order valence-corrected chi connectivity index (χ2v) is 3.73. The van der Waals surface area contributed by atoms with Crippen LogP contribution in [0.25, 0.3) is 0 Å². The van der Waals surface area contributed by atoms with Crippen molar-refractivity contribution in [2.45, 2.75) is 0 Å². The van der Waals surface area contributed by atoms with Crippen LogP contribution in [-0.2, 0) is 0 Å². The fourth-order valence-electron chi connectivity index (χ4n) is 1.25. The van der Waals surface area contributed by atoms with Crippen molar-refractivity contribution in [2.75, 3.05) is 0 Å². The summed E-state index contributed by atoms with van der Waals surface area (Å²) in [6.07, 6.45) is 1.22. The molecule has 2 aromatic rings. The lowest BCUT2D eigenvalue weighted by molar-refractivity contribution is -0.384. The molecule has 0 bridgehead atoms. The topological polar surface area (TPSA) is 65.3 Å². The number of ether oxygens (including phenoxy) is 1. The predicted molar refractivity (Wildman–Crippen MR) is 62.4 cm³/mol. The Labute approximate surface area is 106 Å². The van der Waals surface area contributed by atoms with Gasteiger partial charge >= 0.3 is 0 Å². The maximum Gasteiger partial charge on any atom is 0.273 e. The maximum atomic E-state index is 13.4. The number of non-ortho nitro benzene ring substituents is 1. The van der Waals surface area contributed by atoms with Crippen LogP contribution in [-0.4, -0.2) is 9.91 Å². The first-order chi connectivity index (χ1) is 8.56. The third-order valence-electron chi connectivity index (χ3n) is 2.02. The Morgan fingerprint density at radius 1 is 1.39 bits per heavy atom. The minimum absolute atomic E-state index is 0.123. The van der Waals surface area contributed by atoms with E-state index in [0.717, 1.165) is 6.07 Å². The average Bonchev–Trinajstić information content (AvgIpc) is 2.33. The van der Waals surface area contributed by atoms with E-state index in [4.69, 9.17) is 16.3 Å². The highest BCUT2D eigenvalue weighted by Crippen LogP contribution is 2.26. The SMILES string of the molecule is O=[N+]([O-])c1cccc(Oc2ncc(Cl)cc2F)c1. The van der Waals surface area contributed by atoms with Gasteiger partial charge in [0.1, 0.15) is 5.75 Å². The summed E-state index contributed by atoms with van der Waals surface area (Å²) in [5.41, 5.74) is -0.151. The number of hydrogen-bond acceptors (Lipinski definition) is 4. The number of benzene rings is 1. The summed E-state index contributed by atoms with van der Waals surface area (Å²) >= 11 is 5.54. The number of pyridine rings is 1. The standard InChI is InChI=1S/C11H6ClFN2O3/c12-7-4-10(13)11(14-6-7)18-9-3-1-2-8(5-9)15(16)17/h1-6H. The van der Waals surface area contributed by atoms with Crippen molar-refractivity contribution in [1.29, 1.82) is 0 Å². The monoisotopic (exact) mass is 268 g/mol. The Kier molecular flexibility index (Phi) is 3.38. The molecule has 0 amide bonds. The summed E-state index contributed by atoms with van der Waals surface area (Å²) in [4.78, 5) is 13.6. The van der Waals surface area contributed by atoms with E-state index < -0.39 is 10.7 Å². The molecule has 92 valence electrons. The maximum absolute atomic E-state index is 13.4. The van der Waals surface area contributed by atoms with E-state index in [-0.39, 0.29) is 22.3 Å². The van der Waals surface area contributed by atoms with Crippen molar-refractivity contribution in [3.8, 4) is 11.6 Å². The van der Waals surface area contributed by atoms with Crippen LogP contribution in [0.4, 0.5) is 10.1 Å². The molecule has 18 heavy (non-hydrogen) atoms. The Morgan fingerprint density at radius 3 is 2.83 bits per heavy atom. The first kappa shape index (κ1) is 12.3. The molecule has 0 atom stereocenters. The Bertz CT molecular complexity index is 607. The quantitative estimate of drug-likeness (QED) is 0.630. The third kappa shape index (κ3) is 2.72. The molecule has 0 aliphatic rings. The molecule has 1 heterocycles. The van der Waals surface area contributed by atoms with Crippen molar-refractivity contribution in [2.24, 2.45) is 0 Å². The van der Waals surface area contributed by atoms with Gasteiger partial charge in [0.2, 0.25) is 0 Å². The molecule has 0 aliphatic heterocycles. The fourth-order valence-corrected chi connectivity index (χ4v) is 1.39. The van der Waals surface area contributed by atoms with Gasteiger partial charge in [0, 0.05) is 12.3 Å². The number of rotatable bonds is 3. The van der Waals surface area contributed by atoms with E-state index in [1.807, 2.05) is 0 Å². The molecule has 1 aromatic heterocycles. The van der Waals surface area contributed by atoms with Gasteiger partial charge in [0.05, 0.1) is 16.0 Å². The number of aromatic nitrogens is 1. The van der Waals surface area contributed by atoms with E-state index in [1.165, 1.54) is 30.5 Å². The fraction of sp³-hybridized carbons (Fsp3) is 0. The van der Waals surface area contributed by atoms with Gasteiger partial charge in [-0.3, -0.25) is 10.1 Å². The number of nitro groups is 1. The largest absolute Gasteiger partial charge is 0.436 e. The lowest BCUT2D eigenvalue weighted by Gasteiger charge is -2.05. The molecule has 2 rings (SSSR count). The van der Waals surface area contributed by atoms with E-state index >= 15 is 0 Å². The van der Waals surface area contributed by atoms with Gasteiger partial charge in [-0.25, -0.2) is 9.37 Å². The van der Waals surface area contributed by atoms with Crippen molar-refractivity contribution in [3.63, 3.8) is 0 Å². The highest BCUT2D eigenvalue weighted by atomic mass is 35.5. The summed E-state index contributed by atoms with van der Waals surface area (Å²) in [5, 5.41) is 10.7. The molecule has 0 aliphatic carbocycles. The van der Waals surface area contributed by atoms with E-state index in [9.17, 15) is 14.5 Å². The minimum atomic E-state index is -0.742. The van der Waals surface area contributed by atoms with Crippen molar-refractivity contribution >= 4 is 17.3 Å². The minimum Gasteiger partial charge on any atom is -0.436 e. The highest BCUT2D eigenvalue weighted by Gasteiger charge is 2.10. The summed E-state index contributed by atoms with van der Waals surface area (Å²) in [6, 6.07) is 6.42. The number of hydrogen-bond donors (Lipinski definition) is 0. The van der Waals surface area contributed by atoms with Gasteiger partial charge < -0.3 is 4.74 Å². The van der Waals surface area contributed by atoms with Crippen molar-refractivity contribution in [1.82, 2.24) is 4.98 Å². The molecular formula is C11H6ClFN2O3. The molecule has 0 radical (unpaired) electrons. The van der Waals surface area contributed by atoms with E-state index in [1.54, 1.807) is 0 Å². The Balaban J connectivity index is 2.28. The molecule has 0 spiro atoms. The van der Waals surface area contributed by atoms with Crippen molar-refractivity contribution in [3.05, 3.63) is 57.5 Å². The summed E-state index contributed by atoms with van der Waals surface area (Å²) in [5.74, 6) is -0.910. The van der Waals surface area contributed by atoms with E-state index in [2.05, 4.69) is 4.98 Å². The van der Waals surface area contributed by atoms with Crippen LogP contribution in [0.3, 0.4) is 0 Å². The second-order valence-electron chi connectivity index (χ2n) is 3.30. The number of halogens is 2. The second kappa shape index (κ2) is 4.97. The summed E-state index contributed by atoms with van der Waals surface area (Å²) in [7, 11) is 0. The molecule has 5 nitrogen and oxygen atoms in total. The zero-order chi connectivity index (χ0) is 13.1. The zero-order valence-corrected chi connectivity index (χ0v) is 9.60. The van der Waals surface area contributed by atoms with Gasteiger partial charge in [0.25, 0.3) is 11.6 Å². The van der Waals surface area contributed by atoms with Crippen LogP contribution < -0.4 is 4.74 Å². The molecule has 0 N–H and O–H groups in total. The zero-order valence-electron chi connectivity index (χ0n) is 8.84. The third-order valence-corrected chi connectivity index (χ3v) is 2.22. The molecule has 1 aromatic carbocycles. The van der Waals surface area contributed by atoms with Gasteiger partial charge in [-0.2, -0.15) is 0 Å². The normalized spacial score (nSPS) is 10.1. The highest BCUT2D eigenvalue weighted by molar-refractivity contribution is 6.30. The van der Waals surface area contributed by atoms with Gasteiger partial charge in [-0.15, -0.1) is 0 Å². The average molecular weight is 269 g/mol. The van der Waals surface area contributed by atoms with Crippen molar-refractivity contribution < 1.29 is 14.1 Å². The number of nitro benzene ring substituents is 1. The summed E-state index contributed by atoms with van der Waals surface area (Å²) < 4.78 is 18.5. The van der Waals surface area contributed by atoms with Gasteiger partial charge in [-0.1, -0.05) is 17.7 Å². The van der Waals surface area contributed by atoms with Crippen LogP contribution in [0, 0.1) is 15.9 Å². The molecule has 0 saturated heterocycles. The van der Waals surface area contributed by atoms with Crippen LogP contribution in [0.2, 0.25) is 5.02 Å². The number of nitrogens with zero attached hydrogens (tertiary/aromatic N) is 2. The van der Waals surface area contributed by atoms with Gasteiger partial charge in [-0.05, 0) is 12.1 Å².